The fourth-order valence-corrected chi connectivity index (χ4v) is 5.10. The zero-order chi connectivity index (χ0) is 26.5. The van der Waals surface area contributed by atoms with E-state index >= 15 is 0 Å². The highest BCUT2D eigenvalue weighted by atomic mass is 35.5. The first-order valence-corrected chi connectivity index (χ1v) is 13.4. The number of halogens is 1. The minimum absolute atomic E-state index is 0.0179. The summed E-state index contributed by atoms with van der Waals surface area (Å²) >= 11 is 6.41. The van der Waals surface area contributed by atoms with Gasteiger partial charge in [-0.2, -0.15) is 0 Å². The second-order valence-electron chi connectivity index (χ2n) is 9.60. The lowest BCUT2D eigenvalue weighted by Crippen LogP contribution is -2.50. The Balaban J connectivity index is 1.50. The molecule has 3 aromatic rings. The molecule has 194 valence electrons. The minimum Gasteiger partial charge on any atom is -0.352 e. The van der Waals surface area contributed by atoms with Gasteiger partial charge in [-0.15, -0.1) is 0 Å². The van der Waals surface area contributed by atoms with Crippen molar-refractivity contribution in [2.24, 2.45) is 0 Å². The van der Waals surface area contributed by atoms with Crippen LogP contribution < -0.4 is 10.2 Å². The Morgan fingerprint density at radius 2 is 1.73 bits per heavy atom. The Morgan fingerprint density at radius 3 is 2.43 bits per heavy atom. The number of amides is 3. The number of rotatable bonds is 11. The maximum atomic E-state index is 13.6. The molecule has 1 heterocycles. The summed E-state index contributed by atoms with van der Waals surface area (Å²) in [6.07, 6.45) is 1.99. The number of anilines is 1. The highest BCUT2D eigenvalue weighted by Gasteiger charge is 2.31. The third-order valence-electron chi connectivity index (χ3n) is 7.11. The molecular formula is C30H34ClN3O3. The van der Waals surface area contributed by atoms with Gasteiger partial charge < -0.3 is 15.1 Å². The van der Waals surface area contributed by atoms with Crippen molar-refractivity contribution >= 4 is 45.8 Å². The van der Waals surface area contributed by atoms with Gasteiger partial charge in [-0.05, 0) is 55.3 Å². The molecule has 2 unspecified atom stereocenters. The summed E-state index contributed by atoms with van der Waals surface area (Å²) in [7, 11) is 0. The Labute approximate surface area is 223 Å². The minimum atomic E-state index is -0.607. The highest BCUT2D eigenvalue weighted by Crippen LogP contribution is 2.37. The molecule has 0 saturated heterocycles. The number of benzene rings is 3. The molecule has 2 atom stereocenters. The van der Waals surface area contributed by atoms with Crippen molar-refractivity contribution in [2.45, 2.75) is 65.1 Å². The van der Waals surface area contributed by atoms with Crippen molar-refractivity contribution in [3.63, 3.8) is 0 Å². The van der Waals surface area contributed by atoms with Crippen LogP contribution in [0.3, 0.4) is 0 Å². The first-order chi connectivity index (χ1) is 17.8. The molecule has 3 amide bonds. The van der Waals surface area contributed by atoms with E-state index in [0.717, 1.165) is 28.4 Å². The van der Waals surface area contributed by atoms with Crippen LogP contribution in [0.25, 0.3) is 10.8 Å². The average molecular weight is 520 g/mol. The quantitative estimate of drug-likeness (QED) is 0.340. The van der Waals surface area contributed by atoms with E-state index in [1.54, 1.807) is 15.9 Å². The third kappa shape index (κ3) is 5.64. The molecule has 0 saturated carbocycles. The normalized spacial score (nSPS) is 14.1. The summed E-state index contributed by atoms with van der Waals surface area (Å²) in [6, 6.07) is 18.5. The van der Waals surface area contributed by atoms with Gasteiger partial charge in [-0.1, -0.05) is 67.9 Å². The zero-order valence-corrected chi connectivity index (χ0v) is 22.4. The topological polar surface area (TPSA) is 69.7 Å². The molecule has 0 bridgehead atoms. The van der Waals surface area contributed by atoms with Crippen LogP contribution in [0.4, 0.5) is 5.69 Å². The molecule has 4 rings (SSSR count). The second kappa shape index (κ2) is 11.8. The van der Waals surface area contributed by atoms with E-state index in [2.05, 4.69) is 5.32 Å². The number of carbonyl (C=O) groups is 3. The van der Waals surface area contributed by atoms with Crippen LogP contribution in [-0.2, 0) is 16.1 Å². The lowest BCUT2D eigenvalue weighted by atomic mass is 10.1. The van der Waals surface area contributed by atoms with Crippen molar-refractivity contribution in [1.82, 2.24) is 10.2 Å². The Kier molecular flexibility index (Phi) is 8.49. The van der Waals surface area contributed by atoms with Crippen molar-refractivity contribution < 1.29 is 14.4 Å². The number of hydrogen-bond donors (Lipinski definition) is 1. The van der Waals surface area contributed by atoms with E-state index in [4.69, 9.17) is 11.6 Å². The summed E-state index contributed by atoms with van der Waals surface area (Å²) < 4.78 is 0. The van der Waals surface area contributed by atoms with Gasteiger partial charge in [-0.25, -0.2) is 0 Å². The largest absolute Gasteiger partial charge is 0.352 e. The van der Waals surface area contributed by atoms with Gasteiger partial charge >= 0.3 is 0 Å². The fourth-order valence-electron chi connectivity index (χ4n) is 4.90. The summed E-state index contributed by atoms with van der Waals surface area (Å²) in [6.45, 7) is 6.55. The van der Waals surface area contributed by atoms with Crippen LogP contribution in [0, 0.1) is 0 Å². The number of hydrogen-bond acceptors (Lipinski definition) is 3. The molecule has 0 aliphatic carbocycles. The number of carbonyl (C=O) groups excluding carboxylic acids is 3. The molecule has 0 spiro atoms. The predicted octanol–water partition coefficient (Wildman–Crippen LogP) is 5.96. The van der Waals surface area contributed by atoms with Gasteiger partial charge in [0, 0.05) is 41.5 Å². The van der Waals surface area contributed by atoms with Crippen LogP contribution in [0.5, 0.6) is 0 Å². The van der Waals surface area contributed by atoms with Gasteiger partial charge in [0.25, 0.3) is 5.91 Å². The predicted molar refractivity (Wildman–Crippen MR) is 149 cm³/mol. The fraction of sp³-hybridized carbons (Fsp3) is 0.367. The highest BCUT2D eigenvalue weighted by molar-refractivity contribution is 6.31. The van der Waals surface area contributed by atoms with Gasteiger partial charge in [0.2, 0.25) is 11.8 Å². The van der Waals surface area contributed by atoms with Gasteiger partial charge in [0.15, 0.2) is 0 Å². The van der Waals surface area contributed by atoms with Gasteiger partial charge in [0.05, 0.1) is 5.69 Å². The third-order valence-corrected chi connectivity index (χ3v) is 7.48. The molecule has 0 aromatic heterocycles. The maximum Gasteiger partial charge on any atom is 0.258 e. The summed E-state index contributed by atoms with van der Waals surface area (Å²) in [5, 5.41) is 5.59. The molecule has 6 nitrogen and oxygen atoms in total. The molecule has 1 N–H and O–H groups in total. The SMILES string of the molecule is CCC(C)NC(=O)C(CC)N(Cc1ccccc1Cl)C(=O)CCCN1C(=O)c2cccc3cccc1c23. The molecule has 1 aliphatic heterocycles. The smallest absolute Gasteiger partial charge is 0.258 e. The first kappa shape index (κ1) is 26.7. The summed E-state index contributed by atoms with van der Waals surface area (Å²) in [5.41, 5.74) is 2.38. The van der Waals surface area contributed by atoms with Gasteiger partial charge in [0.1, 0.15) is 6.04 Å². The van der Waals surface area contributed by atoms with E-state index < -0.39 is 6.04 Å². The number of nitrogens with one attached hydrogen (secondary N) is 1. The van der Waals surface area contributed by atoms with Crippen molar-refractivity contribution in [2.75, 3.05) is 11.4 Å². The maximum absolute atomic E-state index is 13.6. The van der Waals surface area contributed by atoms with E-state index in [1.807, 2.05) is 75.4 Å². The van der Waals surface area contributed by atoms with Crippen molar-refractivity contribution in [3.8, 4) is 0 Å². The van der Waals surface area contributed by atoms with Crippen molar-refractivity contribution in [3.05, 3.63) is 76.8 Å². The Bertz CT molecular complexity index is 1300. The average Bonchev–Trinajstić information content (AvgIpc) is 3.17. The lowest BCUT2D eigenvalue weighted by Gasteiger charge is -2.32. The first-order valence-electron chi connectivity index (χ1n) is 13.0. The zero-order valence-electron chi connectivity index (χ0n) is 21.7. The van der Waals surface area contributed by atoms with Crippen LogP contribution in [-0.4, -0.2) is 41.2 Å². The summed E-state index contributed by atoms with van der Waals surface area (Å²) in [5.74, 6) is -0.325. The van der Waals surface area contributed by atoms with E-state index in [-0.39, 0.29) is 36.7 Å². The molecule has 0 fully saturated rings. The van der Waals surface area contributed by atoms with Gasteiger partial charge in [-0.3, -0.25) is 14.4 Å². The van der Waals surface area contributed by atoms with Crippen molar-refractivity contribution in [1.29, 1.82) is 0 Å². The molecule has 3 aromatic carbocycles. The molecule has 7 heteroatoms. The van der Waals surface area contributed by atoms with E-state index in [1.165, 1.54) is 0 Å². The molecule has 37 heavy (non-hydrogen) atoms. The van der Waals surface area contributed by atoms with E-state index in [0.29, 0.717) is 30.0 Å². The summed E-state index contributed by atoms with van der Waals surface area (Å²) in [4.78, 5) is 43.2. The van der Waals surface area contributed by atoms with Crippen LogP contribution in [0.15, 0.2) is 60.7 Å². The van der Waals surface area contributed by atoms with Crippen LogP contribution >= 0.6 is 11.6 Å². The Hall–Kier alpha value is -3.38. The monoisotopic (exact) mass is 519 g/mol. The lowest BCUT2D eigenvalue weighted by molar-refractivity contribution is -0.141. The van der Waals surface area contributed by atoms with E-state index in [9.17, 15) is 14.4 Å². The molecular weight excluding hydrogens is 486 g/mol. The number of nitrogens with zero attached hydrogens (tertiary/aromatic N) is 2. The second-order valence-corrected chi connectivity index (χ2v) is 10.0. The van der Waals surface area contributed by atoms with Crippen LogP contribution in [0.2, 0.25) is 5.02 Å². The Morgan fingerprint density at radius 1 is 1.00 bits per heavy atom. The standard InChI is InChI=1S/C30H34ClN3O3/c1-4-20(3)32-29(36)25(5-2)34(19-22-11-6-7-15-24(22)31)27(35)17-10-18-33-26-16-9-13-21-12-8-14-23(28(21)26)30(33)37/h6-9,11-16,20,25H,4-5,10,17-19H2,1-3H3,(H,32,36). The van der Waals surface area contributed by atoms with Crippen LogP contribution in [0.1, 0.15) is 62.4 Å². The molecule has 1 aliphatic rings. The molecule has 0 radical (unpaired) electrons.